The summed E-state index contributed by atoms with van der Waals surface area (Å²) >= 11 is 0. The molecule has 1 saturated heterocycles. The number of hydrogen-bond donors (Lipinski definition) is 2. The fourth-order valence-electron chi connectivity index (χ4n) is 3.29. The van der Waals surface area contributed by atoms with Crippen molar-refractivity contribution >= 4 is 35.4 Å². The van der Waals surface area contributed by atoms with Crippen LogP contribution in [-0.4, -0.2) is 66.8 Å². The lowest BCUT2D eigenvalue weighted by atomic mass is 9.90. The highest BCUT2D eigenvalue weighted by Crippen LogP contribution is 2.28. The molecule has 5 atom stereocenters. The molecule has 1 aromatic carbocycles. The first-order chi connectivity index (χ1) is 15.1. The number of hydrogen-bond acceptors (Lipinski definition) is 9. The fourth-order valence-corrected chi connectivity index (χ4v) is 3.29. The monoisotopic (exact) mass is 450 g/mol. The predicted molar refractivity (Wildman–Crippen MR) is 109 cm³/mol. The molecule has 0 bridgehead atoms. The molecule has 0 spiro atoms. The van der Waals surface area contributed by atoms with Crippen LogP contribution in [0.5, 0.6) is 0 Å². The largest absolute Gasteiger partial charge is 0.463 e. The standard InChI is InChI=1S/C21H26N2O9/c1-11(24)18-17(23-21(28)22-15-8-6-5-7-9-15)20(31-14(4)27)19(30-13(3)26)16(32-18)10-29-12(2)25/h5-9,16-20H,10H2,1-4H3,(H2,22,23,28)/t16-,17+,18-,19-,20-/m1/s1. The van der Waals surface area contributed by atoms with Crippen LogP contribution in [-0.2, 0) is 38.1 Å². The van der Waals surface area contributed by atoms with E-state index in [2.05, 4.69) is 10.6 Å². The number of esters is 3. The first kappa shape index (κ1) is 24.8. The summed E-state index contributed by atoms with van der Waals surface area (Å²) in [5, 5.41) is 5.17. The number of benzene rings is 1. The van der Waals surface area contributed by atoms with Crippen LogP contribution in [0.4, 0.5) is 10.5 Å². The van der Waals surface area contributed by atoms with Gasteiger partial charge in [-0.05, 0) is 19.1 Å². The molecule has 32 heavy (non-hydrogen) atoms. The Kier molecular flexibility index (Phi) is 8.71. The number of ketones is 1. The molecule has 174 valence electrons. The van der Waals surface area contributed by atoms with E-state index >= 15 is 0 Å². The van der Waals surface area contributed by atoms with Crippen molar-refractivity contribution in [3.63, 3.8) is 0 Å². The van der Waals surface area contributed by atoms with Crippen LogP contribution < -0.4 is 10.6 Å². The molecule has 11 nitrogen and oxygen atoms in total. The number of ether oxygens (including phenoxy) is 4. The molecule has 0 aliphatic carbocycles. The highest BCUT2D eigenvalue weighted by atomic mass is 16.6. The Morgan fingerprint density at radius 2 is 1.47 bits per heavy atom. The van der Waals surface area contributed by atoms with E-state index in [1.165, 1.54) is 13.8 Å². The van der Waals surface area contributed by atoms with Gasteiger partial charge in [0.15, 0.2) is 18.0 Å². The van der Waals surface area contributed by atoms with Gasteiger partial charge in [0.2, 0.25) is 0 Å². The van der Waals surface area contributed by atoms with Crippen molar-refractivity contribution in [2.45, 2.75) is 58.2 Å². The van der Waals surface area contributed by atoms with Crippen molar-refractivity contribution in [3.8, 4) is 0 Å². The quantitative estimate of drug-likeness (QED) is 0.458. The maximum atomic E-state index is 12.6. The number of carbonyl (C=O) groups excluding carboxylic acids is 5. The molecule has 1 aliphatic rings. The summed E-state index contributed by atoms with van der Waals surface area (Å²) < 4.78 is 21.4. The Labute approximate surface area is 184 Å². The van der Waals surface area contributed by atoms with Gasteiger partial charge < -0.3 is 29.6 Å². The third-order valence-corrected chi connectivity index (χ3v) is 4.48. The molecular weight excluding hydrogens is 424 g/mol. The van der Waals surface area contributed by atoms with Crippen molar-refractivity contribution in [2.24, 2.45) is 0 Å². The second-order valence-electron chi connectivity index (χ2n) is 7.15. The molecular formula is C21H26N2O9. The number of para-hydroxylation sites is 1. The van der Waals surface area contributed by atoms with Gasteiger partial charge in [-0.1, -0.05) is 18.2 Å². The summed E-state index contributed by atoms with van der Waals surface area (Å²) in [5.74, 6) is -2.57. The Bertz CT molecular complexity index is 858. The van der Waals surface area contributed by atoms with Gasteiger partial charge in [-0.25, -0.2) is 4.79 Å². The summed E-state index contributed by atoms with van der Waals surface area (Å²) in [6, 6.07) is 6.62. The molecule has 0 unspecified atom stereocenters. The number of urea groups is 1. The van der Waals surface area contributed by atoms with Crippen LogP contribution in [0.15, 0.2) is 30.3 Å². The molecule has 1 heterocycles. The summed E-state index contributed by atoms with van der Waals surface area (Å²) in [7, 11) is 0. The Balaban J connectivity index is 2.36. The van der Waals surface area contributed by atoms with Crippen molar-refractivity contribution in [1.29, 1.82) is 0 Å². The number of carbonyl (C=O) groups is 5. The van der Waals surface area contributed by atoms with Crippen LogP contribution in [0.25, 0.3) is 0 Å². The summed E-state index contributed by atoms with van der Waals surface area (Å²) in [6.07, 6.45) is -4.93. The van der Waals surface area contributed by atoms with Crippen LogP contribution in [0.1, 0.15) is 27.7 Å². The van der Waals surface area contributed by atoms with Gasteiger partial charge in [-0.3, -0.25) is 19.2 Å². The van der Waals surface area contributed by atoms with E-state index in [9.17, 15) is 24.0 Å². The Morgan fingerprint density at radius 3 is 2.00 bits per heavy atom. The number of rotatable bonds is 7. The van der Waals surface area contributed by atoms with Crippen molar-refractivity contribution in [1.82, 2.24) is 5.32 Å². The lowest BCUT2D eigenvalue weighted by molar-refractivity contribution is -0.220. The molecule has 1 aliphatic heterocycles. The smallest absolute Gasteiger partial charge is 0.319 e. The van der Waals surface area contributed by atoms with E-state index < -0.39 is 60.2 Å². The van der Waals surface area contributed by atoms with Crippen LogP contribution >= 0.6 is 0 Å². The lowest BCUT2D eigenvalue weighted by Crippen LogP contribution is -2.68. The minimum Gasteiger partial charge on any atom is -0.463 e. The zero-order valence-corrected chi connectivity index (χ0v) is 18.2. The number of amides is 2. The highest BCUT2D eigenvalue weighted by molar-refractivity contribution is 5.90. The maximum Gasteiger partial charge on any atom is 0.319 e. The number of nitrogens with one attached hydrogen (secondary N) is 2. The molecule has 1 aromatic rings. The normalized spacial score (nSPS) is 24.6. The van der Waals surface area contributed by atoms with Gasteiger partial charge in [-0.15, -0.1) is 0 Å². The highest BCUT2D eigenvalue weighted by Gasteiger charge is 2.52. The van der Waals surface area contributed by atoms with E-state index in [1.54, 1.807) is 30.3 Å². The molecule has 2 rings (SSSR count). The molecule has 0 aromatic heterocycles. The third-order valence-electron chi connectivity index (χ3n) is 4.48. The predicted octanol–water partition coefficient (Wildman–Crippen LogP) is 0.960. The Hall–Kier alpha value is -3.47. The van der Waals surface area contributed by atoms with E-state index in [-0.39, 0.29) is 6.61 Å². The first-order valence-corrected chi connectivity index (χ1v) is 9.84. The third kappa shape index (κ3) is 7.05. The number of anilines is 1. The van der Waals surface area contributed by atoms with E-state index in [1.807, 2.05) is 0 Å². The van der Waals surface area contributed by atoms with Gasteiger partial charge in [0.1, 0.15) is 24.9 Å². The van der Waals surface area contributed by atoms with E-state index in [0.717, 1.165) is 13.8 Å². The van der Waals surface area contributed by atoms with Crippen molar-refractivity contribution in [2.75, 3.05) is 11.9 Å². The first-order valence-electron chi connectivity index (χ1n) is 9.84. The topological polar surface area (TPSA) is 146 Å². The van der Waals surface area contributed by atoms with Gasteiger partial charge in [0.05, 0.1) is 0 Å². The fraction of sp³-hybridized carbons (Fsp3) is 0.476. The van der Waals surface area contributed by atoms with Crippen molar-refractivity contribution < 1.29 is 42.9 Å². The summed E-state index contributed by atoms with van der Waals surface area (Å²) in [5.41, 5.74) is 0.481. The van der Waals surface area contributed by atoms with E-state index in [4.69, 9.17) is 18.9 Å². The minimum atomic E-state index is -1.29. The van der Waals surface area contributed by atoms with Crippen LogP contribution in [0.3, 0.4) is 0 Å². The van der Waals surface area contributed by atoms with Crippen LogP contribution in [0, 0.1) is 0 Å². The molecule has 2 amide bonds. The second kappa shape index (κ2) is 11.2. The van der Waals surface area contributed by atoms with Gasteiger partial charge >= 0.3 is 23.9 Å². The van der Waals surface area contributed by atoms with Gasteiger partial charge in [0, 0.05) is 26.5 Å². The SMILES string of the molecule is CC(=O)OC[C@H]1O[C@H](C(C)=O)[C@H](NC(=O)Nc2ccccc2)[C@@H](OC(C)=O)[C@@H]1OC(C)=O. The van der Waals surface area contributed by atoms with Gasteiger partial charge in [-0.2, -0.15) is 0 Å². The maximum absolute atomic E-state index is 12.6. The molecule has 2 N–H and O–H groups in total. The summed E-state index contributed by atoms with van der Waals surface area (Å²) in [4.78, 5) is 59.7. The summed E-state index contributed by atoms with van der Waals surface area (Å²) in [6.45, 7) is 4.31. The lowest BCUT2D eigenvalue weighted by Gasteiger charge is -2.44. The average molecular weight is 450 g/mol. The average Bonchev–Trinajstić information content (AvgIpc) is 2.69. The van der Waals surface area contributed by atoms with Gasteiger partial charge in [0.25, 0.3) is 0 Å². The van der Waals surface area contributed by atoms with Crippen LogP contribution in [0.2, 0.25) is 0 Å². The zero-order valence-electron chi connectivity index (χ0n) is 18.2. The molecule has 11 heteroatoms. The molecule has 1 fully saturated rings. The Morgan fingerprint density at radius 1 is 0.875 bits per heavy atom. The number of Topliss-reactive ketones (excluding diaryl/α,β-unsaturated/α-hetero) is 1. The van der Waals surface area contributed by atoms with Crippen molar-refractivity contribution in [3.05, 3.63) is 30.3 Å². The second-order valence-corrected chi connectivity index (χ2v) is 7.15. The molecule has 0 radical (unpaired) electrons. The minimum absolute atomic E-state index is 0.363. The zero-order chi connectivity index (χ0) is 23.8. The molecule has 0 saturated carbocycles. The van der Waals surface area contributed by atoms with E-state index in [0.29, 0.717) is 5.69 Å².